The Morgan fingerprint density at radius 3 is 2.42 bits per heavy atom. The molecule has 1 nitrogen and oxygen atoms in total. The lowest BCUT2D eigenvalue weighted by Gasteiger charge is -2.10. The third kappa shape index (κ3) is 1.79. The fourth-order valence-corrected chi connectivity index (χ4v) is 1.27. The molecule has 0 fully saturated rings. The second-order valence-electron chi connectivity index (χ2n) is 3.18. The molecule has 0 N–H and O–H groups in total. The first-order valence-electron chi connectivity index (χ1n) is 4.10. The zero-order valence-electron chi connectivity index (χ0n) is 8.14. The van der Waals surface area contributed by atoms with Crippen LogP contribution >= 0.6 is 0 Å². The molecule has 0 aliphatic carbocycles. The van der Waals surface area contributed by atoms with Crippen molar-refractivity contribution in [2.75, 3.05) is 7.11 Å². The highest BCUT2D eigenvalue weighted by Crippen LogP contribution is 2.22. The van der Waals surface area contributed by atoms with Crippen LogP contribution in [0.4, 0.5) is 0 Å². The van der Waals surface area contributed by atoms with Gasteiger partial charge in [0.05, 0.1) is 7.11 Å². The van der Waals surface area contributed by atoms with Crippen LogP contribution in [0.25, 0.3) is 0 Å². The van der Waals surface area contributed by atoms with Crippen molar-refractivity contribution in [2.45, 2.75) is 20.8 Å². The van der Waals surface area contributed by atoms with E-state index in [9.17, 15) is 0 Å². The van der Waals surface area contributed by atoms with Gasteiger partial charge in [-0.2, -0.15) is 0 Å². The summed E-state index contributed by atoms with van der Waals surface area (Å²) in [7, 11) is 1.69. The highest BCUT2D eigenvalue weighted by atomic mass is 16.5. The van der Waals surface area contributed by atoms with E-state index >= 15 is 0 Å². The summed E-state index contributed by atoms with van der Waals surface area (Å²) in [5, 5.41) is 0. The van der Waals surface area contributed by atoms with Gasteiger partial charge in [0.25, 0.3) is 0 Å². The third-order valence-electron chi connectivity index (χ3n) is 1.98. The molecule has 1 heteroatoms. The van der Waals surface area contributed by atoms with Gasteiger partial charge in [-0.3, -0.25) is 0 Å². The molecular formula is C11H15O. The predicted molar refractivity (Wildman–Crippen MR) is 51.4 cm³/mol. The number of benzene rings is 1. The van der Waals surface area contributed by atoms with Crippen LogP contribution < -0.4 is 4.74 Å². The molecule has 0 bridgehead atoms. The van der Waals surface area contributed by atoms with Crippen molar-refractivity contribution in [2.24, 2.45) is 0 Å². The van der Waals surface area contributed by atoms with E-state index in [4.69, 9.17) is 4.74 Å². The molecule has 0 saturated heterocycles. The Hall–Kier alpha value is -0.980. The monoisotopic (exact) mass is 163 g/mol. The smallest absolute Gasteiger partial charge is 0.119 e. The molecule has 0 aromatic heterocycles. The first-order chi connectivity index (χ1) is 5.65. The summed E-state index contributed by atoms with van der Waals surface area (Å²) >= 11 is 0. The Kier molecular flexibility index (Phi) is 2.74. The zero-order valence-corrected chi connectivity index (χ0v) is 8.14. The van der Waals surface area contributed by atoms with E-state index in [1.165, 1.54) is 17.0 Å². The van der Waals surface area contributed by atoms with Crippen molar-refractivity contribution in [3.63, 3.8) is 0 Å². The Labute approximate surface area is 74.4 Å². The fraction of sp³-hybridized carbons (Fsp3) is 0.364. The number of aryl methyl sites for hydroxylation is 1. The lowest BCUT2D eigenvalue weighted by molar-refractivity contribution is 0.414. The van der Waals surface area contributed by atoms with Crippen LogP contribution in [0, 0.1) is 12.8 Å². The van der Waals surface area contributed by atoms with Crippen LogP contribution in [0.15, 0.2) is 18.2 Å². The van der Waals surface area contributed by atoms with E-state index in [1.807, 2.05) is 6.07 Å². The summed E-state index contributed by atoms with van der Waals surface area (Å²) in [6, 6.07) is 6.15. The topological polar surface area (TPSA) is 9.23 Å². The van der Waals surface area contributed by atoms with E-state index in [-0.39, 0.29) is 0 Å². The van der Waals surface area contributed by atoms with Gasteiger partial charge in [0.2, 0.25) is 0 Å². The summed E-state index contributed by atoms with van der Waals surface area (Å²) in [4.78, 5) is 0. The summed E-state index contributed by atoms with van der Waals surface area (Å²) in [5.74, 6) is 2.25. The summed E-state index contributed by atoms with van der Waals surface area (Å²) in [6.45, 7) is 6.34. The maximum Gasteiger partial charge on any atom is 0.119 e. The molecule has 0 aliphatic rings. The second-order valence-corrected chi connectivity index (χ2v) is 3.18. The van der Waals surface area contributed by atoms with E-state index in [0.29, 0.717) is 0 Å². The molecule has 1 aromatic rings. The minimum atomic E-state index is 0.928. The van der Waals surface area contributed by atoms with Crippen molar-refractivity contribution < 1.29 is 4.74 Å². The number of hydrogen-bond donors (Lipinski definition) is 0. The van der Waals surface area contributed by atoms with E-state index in [1.54, 1.807) is 7.11 Å². The Morgan fingerprint density at radius 2 is 1.92 bits per heavy atom. The quantitative estimate of drug-likeness (QED) is 0.651. The van der Waals surface area contributed by atoms with Crippen LogP contribution in [-0.2, 0) is 0 Å². The molecule has 12 heavy (non-hydrogen) atoms. The molecular weight excluding hydrogens is 148 g/mol. The molecule has 0 aliphatic heterocycles. The SMILES string of the molecule is COc1ccc(C)c([C](C)C)c1. The van der Waals surface area contributed by atoms with Crippen molar-refractivity contribution >= 4 is 0 Å². The molecule has 0 saturated carbocycles. The van der Waals surface area contributed by atoms with Crippen LogP contribution in [0.3, 0.4) is 0 Å². The maximum atomic E-state index is 5.15. The van der Waals surface area contributed by atoms with Crippen molar-refractivity contribution in [3.8, 4) is 5.75 Å². The Balaban J connectivity index is 3.08. The van der Waals surface area contributed by atoms with Crippen LogP contribution in [-0.4, -0.2) is 7.11 Å². The van der Waals surface area contributed by atoms with Gasteiger partial charge in [0.15, 0.2) is 0 Å². The largest absolute Gasteiger partial charge is 0.497 e. The minimum Gasteiger partial charge on any atom is -0.497 e. The summed E-state index contributed by atoms with van der Waals surface area (Å²) < 4.78 is 5.15. The average molecular weight is 163 g/mol. The van der Waals surface area contributed by atoms with Gasteiger partial charge in [0, 0.05) is 0 Å². The van der Waals surface area contributed by atoms with Gasteiger partial charge in [-0.05, 0) is 36.1 Å². The number of hydrogen-bond acceptors (Lipinski definition) is 1. The predicted octanol–water partition coefficient (Wildman–Crippen LogP) is 2.97. The minimum absolute atomic E-state index is 0.928. The van der Waals surface area contributed by atoms with Gasteiger partial charge in [-0.15, -0.1) is 0 Å². The molecule has 0 amide bonds. The van der Waals surface area contributed by atoms with Crippen molar-refractivity contribution in [1.82, 2.24) is 0 Å². The van der Waals surface area contributed by atoms with Gasteiger partial charge in [-0.1, -0.05) is 19.9 Å². The molecule has 65 valence electrons. The Morgan fingerprint density at radius 1 is 1.25 bits per heavy atom. The molecule has 0 unspecified atom stereocenters. The third-order valence-corrected chi connectivity index (χ3v) is 1.98. The first-order valence-corrected chi connectivity index (χ1v) is 4.10. The van der Waals surface area contributed by atoms with E-state index in [2.05, 4.69) is 32.9 Å². The average Bonchev–Trinajstić information content (AvgIpc) is 2.05. The summed E-state index contributed by atoms with van der Waals surface area (Å²) in [5.41, 5.74) is 2.59. The van der Waals surface area contributed by atoms with Crippen LogP contribution in [0.5, 0.6) is 5.75 Å². The number of rotatable bonds is 2. The first kappa shape index (κ1) is 9.11. The van der Waals surface area contributed by atoms with Gasteiger partial charge in [-0.25, -0.2) is 0 Å². The molecule has 0 spiro atoms. The van der Waals surface area contributed by atoms with Crippen LogP contribution in [0.2, 0.25) is 0 Å². The standard InChI is InChI=1S/C11H15O/c1-8(2)11-7-10(12-4)6-5-9(11)3/h5-7H,1-4H3. The van der Waals surface area contributed by atoms with E-state index < -0.39 is 0 Å². The van der Waals surface area contributed by atoms with Crippen LogP contribution in [0.1, 0.15) is 25.0 Å². The number of methoxy groups -OCH3 is 1. The molecule has 0 heterocycles. The van der Waals surface area contributed by atoms with E-state index in [0.717, 1.165) is 5.75 Å². The highest BCUT2D eigenvalue weighted by Gasteiger charge is 2.04. The Bertz CT molecular complexity index is 264. The molecule has 1 aromatic carbocycles. The zero-order chi connectivity index (χ0) is 9.14. The lowest BCUT2D eigenvalue weighted by atomic mass is 9.98. The lowest BCUT2D eigenvalue weighted by Crippen LogP contribution is -1.93. The molecule has 0 atom stereocenters. The number of ether oxygens (including phenoxy) is 1. The van der Waals surface area contributed by atoms with Gasteiger partial charge >= 0.3 is 0 Å². The highest BCUT2D eigenvalue weighted by molar-refractivity contribution is 5.41. The molecule has 1 rings (SSSR count). The maximum absolute atomic E-state index is 5.15. The van der Waals surface area contributed by atoms with Gasteiger partial charge in [0.1, 0.15) is 5.75 Å². The second kappa shape index (κ2) is 3.61. The fourth-order valence-electron chi connectivity index (χ4n) is 1.27. The van der Waals surface area contributed by atoms with Crippen molar-refractivity contribution in [1.29, 1.82) is 0 Å². The van der Waals surface area contributed by atoms with Gasteiger partial charge < -0.3 is 4.74 Å². The molecule has 1 radical (unpaired) electrons. The summed E-state index contributed by atoms with van der Waals surface area (Å²) in [6.07, 6.45) is 0. The van der Waals surface area contributed by atoms with Crippen molar-refractivity contribution in [3.05, 3.63) is 35.2 Å². The normalized spacial score (nSPS) is 10.4.